The molecule has 0 aromatic heterocycles. The highest BCUT2D eigenvalue weighted by molar-refractivity contribution is 7.89. The molecule has 4 atom stereocenters. The lowest BCUT2D eigenvalue weighted by atomic mass is 10.0. The van der Waals surface area contributed by atoms with Gasteiger partial charge in [-0.1, -0.05) is 93.4 Å². The second-order valence-electron chi connectivity index (χ2n) is 19.6. The Kier molecular flexibility index (Phi) is 28.3. The van der Waals surface area contributed by atoms with E-state index in [1.165, 1.54) is 20.7 Å². The van der Waals surface area contributed by atoms with Crippen LogP contribution in [0.4, 0.5) is 21.0 Å². The van der Waals surface area contributed by atoms with Crippen LogP contribution in [0.15, 0.2) is 119 Å². The summed E-state index contributed by atoms with van der Waals surface area (Å²) in [7, 11) is -7.27. The number of ether oxygens (including phenoxy) is 4. The van der Waals surface area contributed by atoms with E-state index in [4.69, 9.17) is 36.1 Å². The molecule has 78 heavy (non-hydrogen) atoms. The Balaban J connectivity index is 0.000000322. The first-order valence-electron chi connectivity index (χ1n) is 25.6. The highest BCUT2D eigenvalue weighted by Crippen LogP contribution is 2.22. The lowest BCUT2D eigenvalue weighted by Gasteiger charge is -2.27. The van der Waals surface area contributed by atoms with Crippen molar-refractivity contribution in [2.75, 3.05) is 64.1 Å². The summed E-state index contributed by atoms with van der Waals surface area (Å²) in [6.07, 6.45) is 1.59. The maximum Gasteiger partial charge on any atom is 0.534 e. The summed E-state index contributed by atoms with van der Waals surface area (Å²) in [5.41, 5.74) is 20.9. The SMILES string of the molecule is CC(C)CN(CC[C@@H](N)Cc1ccccc1)S(=O)(=O)c1ccc(N)cc1.CC(C)CN(CC[C@H](Cc1ccccc1)NC(=O)O[C@H]1CCOC1)S(=O)(=O)c1ccc(N)cc1.Cl.Cl.O=C(O[C@H]1CCOC1)ON1C(=O)CCC1=O. The van der Waals surface area contributed by atoms with Crippen molar-refractivity contribution in [2.45, 2.75) is 113 Å². The molecular formula is C54H77Cl2N7O13S2. The van der Waals surface area contributed by atoms with E-state index in [1.54, 1.807) is 36.4 Å². The van der Waals surface area contributed by atoms with Crippen molar-refractivity contribution >= 4 is 80.3 Å². The summed E-state index contributed by atoms with van der Waals surface area (Å²) < 4.78 is 76.3. The van der Waals surface area contributed by atoms with Crippen LogP contribution < -0.4 is 22.5 Å². The average molecular weight is 1170 g/mol. The van der Waals surface area contributed by atoms with Gasteiger partial charge in [-0.2, -0.15) is 8.61 Å². The maximum absolute atomic E-state index is 13.4. The van der Waals surface area contributed by atoms with E-state index >= 15 is 0 Å². The van der Waals surface area contributed by atoms with Gasteiger partial charge in [-0.05, 0) is 97.2 Å². The fraction of sp³-hybridized carbons (Fsp3) is 0.481. The van der Waals surface area contributed by atoms with Crippen molar-refractivity contribution in [3.8, 4) is 0 Å². The number of nitrogens with zero attached hydrogens (tertiary/aromatic N) is 3. The van der Waals surface area contributed by atoms with Crippen LogP contribution in [0, 0.1) is 11.8 Å². The molecule has 0 aliphatic carbocycles. The quantitative estimate of drug-likeness (QED) is 0.0345. The molecule has 0 radical (unpaired) electrons. The van der Waals surface area contributed by atoms with Gasteiger partial charge in [0.25, 0.3) is 11.8 Å². The normalized spacial score (nSPS) is 17.0. The van der Waals surface area contributed by atoms with Gasteiger partial charge in [0.2, 0.25) is 20.0 Å². The summed E-state index contributed by atoms with van der Waals surface area (Å²) >= 11 is 0. The summed E-state index contributed by atoms with van der Waals surface area (Å²) in [4.78, 5) is 50.9. The first-order valence-corrected chi connectivity index (χ1v) is 28.5. The van der Waals surface area contributed by atoms with Crippen molar-refractivity contribution in [2.24, 2.45) is 17.6 Å². The Morgan fingerprint density at radius 3 is 1.49 bits per heavy atom. The molecule has 0 unspecified atom stereocenters. The smallest absolute Gasteiger partial charge is 0.444 e. The van der Waals surface area contributed by atoms with Crippen LogP contribution in [-0.4, -0.2) is 131 Å². The highest BCUT2D eigenvalue weighted by Gasteiger charge is 2.35. The van der Waals surface area contributed by atoms with Crippen molar-refractivity contribution in [1.29, 1.82) is 0 Å². The van der Waals surface area contributed by atoms with Gasteiger partial charge >= 0.3 is 12.2 Å². The topological polar surface area (TPSA) is 283 Å². The third-order valence-corrected chi connectivity index (χ3v) is 15.9. The average Bonchev–Trinajstić information content (AvgIpc) is 4.17. The highest BCUT2D eigenvalue weighted by atomic mass is 35.5. The number of anilines is 2. The molecule has 3 aliphatic rings. The van der Waals surface area contributed by atoms with Crippen molar-refractivity contribution in [3.05, 3.63) is 120 Å². The second kappa shape index (κ2) is 33.1. The molecule has 0 saturated carbocycles. The molecular weight excluding hydrogens is 1090 g/mol. The molecule has 7 rings (SSSR count). The lowest BCUT2D eigenvalue weighted by Crippen LogP contribution is -2.42. The van der Waals surface area contributed by atoms with E-state index < -0.39 is 44.1 Å². The number of carbonyl (C=O) groups is 4. The number of rotatable bonds is 22. The zero-order valence-corrected chi connectivity index (χ0v) is 48.0. The van der Waals surface area contributed by atoms with Crippen LogP contribution in [0.3, 0.4) is 0 Å². The molecule has 4 aromatic carbocycles. The van der Waals surface area contributed by atoms with Gasteiger partial charge < -0.3 is 41.5 Å². The third kappa shape index (κ3) is 22.3. The number of hydrogen-bond donors (Lipinski definition) is 4. The van der Waals surface area contributed by atoms with E-state index in [0.717, 1.165) is 17.5 Å². The van der Waals surface area contributed by atoms with E-state index in [-0.39, 0.29) is 90.1 Å². The van der Waals surface area contributed by atoms with Gasteiger partial charge in [0.15, 0.2) is 0 Å². The molecule has 3 fully saturated rings. The number of nitrogen functional groups attached to an aromatic ring is 2. The summed E-state index contributed by atoms with van der Waals surface area (Å²) in [6, 6.07) is 32.0. The molecule has 3 amide bonds. The molecule has 3 aliphatic heterocycles. The van der Waals surface area contributed by atoms with Crippen molar-refractivity contribution in [3.63, 3.8) is 0 Å². The Morgan fingerprint density at radius 1 is 0.641 bits per heavy atom. The standard InChI is InChI=1S/C25H35N3O5S.C20H29N3O2S.C9H11NO6.2ClH/c1-19(2)17-28(34(30,31)24-10-8-21(26)9-11-24)14-12-22(16-20-6-4-3-5-7-20)27-25(29)33-23-13-15-32-18-23;1-16(2)15-23(26(24,25)20-10-8-18(21)9-11-20)13-12-19(22)14-17-6-4-3-5-7-17;11-7-1-2-8(12)10(7)16-9(13)15-6-3-4-14-5-6;;/h3-11,19,22-23H,12-18,26H2,1-2H3,(H,27,29);3-11,16,19H,12-15,21-22H2,1-2H3;6H,1-5H2;2*1H/t22-,23+;19-;6-;;/m110../s1. The van der Waals surface area contributed by atoms with Gasteiger partial charge in [-0.25, -0.2) is 26.4 Å². The Bertz CT molecular complexity index is 2650. The molecule has 3 saturated heterocycles. The Morgan fingerprint density at radius 2 is 1.06 bits per heavy atom. The minimum atomic E-state index is -3.71. The number of nitrogens with one attached hydrogen (secondary N) is 1. The number of benzene rings is 4. The number of halogens is 2. The molecule has 0 spiro atoms. The molecule has 4 aromatic rings. The predicted octanol–water partition coefficient (Wildman–Crippen LogP) is 7.14. The minimum Gasteiger partial charge on any atom is -0.444 e. The van der Waals surface area contributed by atoms with Crippen LogP contribution in [0.5, 0.6) is 0 Å². The number of amides is 3. The number of alkyl carbamates (subject to hydrolysis) is 1. The minimum absolute atomic E-state index is 0. The molecule has 20 nitrogen and oxygen atoms in total. The largest absolute Gasteiger partial charge is 0.534 e. The van der Waals surface area contributed by atoms with Crippen LogP contribution in [-0.2, 0) is 66.3 Å². The van der Waals surface area contributed by atoms with E-state index in [9.17, 15) is 36.0 Å². The molecule has 3 heterocycles. The van der Waals surface area contributed by atoms with Crippen LogP contribution in [0.25, 0.3) is 0 Å². The zero-order chi connectivity index (χ0) is 55.3. The number of sulfonamides is 2. The van der Waals surface area contributed by atoms with Crippen LogP contribution >= 0.6 is 24.8 Å². The van der Waals surface area contributed by atoms with E-state index in [0.29, 0.717) is 94.6 Å². The molecule has 24 heteroatoms. The van der Waals surface area contributed by atoms with Crippen LogP contribution in [0.2, 0.25) is 0 Å². The Labute approximate surface area is 471 Å². The molecule has 432 valence electrons. The number of nitrogens with two attached hydrogens (primary N) is 3. The second-order valence-corrected chi connectivity index (χ2v) is 23.5. The number of imide groups is 1. The van der Waals surface area contributed by atoms with E-state index in [1.807, 2.05) is 88.4 Å². The number of carbonyl (C=O) groups excluding carboxylic acids is 4. The monoisotopic (exact) mass is 1170 g/mol. The lowest BCUT2D eigenvalue weighted by molar-refractivity contribution is -0.178. The fourth-order valence-corrected chi connectivity index (χ4v) is 11.5. The van der Waals surface area contributed by atoms with Gasteiger partial charge in [-0.3, -0.25) is 14.4 Å². The van der Waals surface area contributed by atoms with Crippen LogP contribution in [0.1, 0.15) is 77.3 Å². The predicted molar refractivity (Wildman–Crippen MR) is 301 cm³/mol. The molecule has 7 N–H and O–H groups in total. The Hall–Kier alpha value is -5.56. The van der Waals surface area contributed by atoms with Crippen molar-refractivity contribution < 1.29 is 59.8 Å². The number of hydroxylamine groups is 2. The number of hydrogen-bond acceptors (Lipinski definition) is 16. The first kappa shape index (κ1) is 66.7. The van der Waals surface area contributed by atoms with Crippen molar-refractivity contribution in [1.82, 2.24) is 19.0 Å². The maximum atomic E-state index is 13.4. The zero-order valence-electron chi connectivity index (χ0n) is 44.7. The molecule has 0 bridgehead atoms. The third-order valence-electron chi connectivity index (χ3n) is 12.1. The summed E-state index contributed by atoms with van der Waals surface area (Å²) in [5, 5.41) is 3.40. The van der Waals surface area contributed by atoms with Gasteiger partial charge in [0, 0.05) is 75.3 Å². The first-order chi connectivity index (χ1) is 36.2. The summed E-state index contributed by atoms with van der Waals surface area (Å²) in [5.74, 6) is -0.686. The van der Waals surface area contributed by atoms with Gasteiger partial charge in [0.1, 0.15) is 12.2 Å². The van der Waals surface area contributed by atoms with E-state index in [2.05, 4.69) is 10.2 Å². The van der Waals surface area contributed by atoms with Gasteiger partial charge in [0.05, 0.1) is 36.2 Å². The summed E-state index contributed by atoms with van der Waals surface area (Å²) in [6.45, 7) is 11.3. The van der Waals surface area contributed by atoms with Gasteiger partial charge in [-0.15, -0.1) is 24.8 Å². The fourth-order valence-electron chi connectivity index (χ4n) is 8.22.